The van der Waals surface area contributed by atoms with Crippen molar-refractivity contribution >= 4 is 11.6 Å². The molecule has 0 spiro atoms. The van der Waals surface area contributed by atoms with Crippen molar-refractivity contribution in [3.8, 4) is 5.75 Å². The quantitative estimate of drug-likeness (QED) is 0.837. The molecular formula is C13H8F4N2O2. The second-order valence-electron chi connectivity index (χ2n) is 4.02. The number of nitrogens with zero attached hydrogens (tertiary/aromatic N) is 1. The number of aromatic nitrogens is 1. The van der Waals surface area contributed by atoms with E-state index in [1.54, 1.807) is 0 Å². The van der Waals surface area contributed by atoms with Crippen molar-refractivity contribution in [1.29, 1.82) is 0 Å². The Morgan fingerprint density at radius 3 is 2.57 bits per heavy atom. The van der Waals surface area contributed by atoms with Crippen LogP contribution in [0.15, 0.2) is 36.5 Å². The van der Waals surface area contributed by atoms with Crippen molar-refractivity contribution in [2.45, 2.75) is 6.18 Å². The molecule has 1 amide bonds. The predicted molar refractivity (Wildman–Crippen MR) is 65.3 cm³/mol. The molecule has 1 heterocycles. The summed E-state index contributed by atoms with van der Waals surface area (Å²) in [5.41, 5.74) is -2.18. The molecule has 0 saturated heterocycles. The molecule has 21 heavy (non-hydrogen) atoms. The third-order valence-electron chi connectivity index (χ3n) is 2.54. The molecule has 2 rings (SSSR count). The second kappa shape index (κ2) is 5.39. The minimum atomic E-state index is -4.67. The van der Waals surface area contributed by atoms with Crippen LogP contribution < -0.4 is 5.32 Å². The molecule has 0 aliphatic carbocycles. The zero-order chi connectivity index (χ0) is 15.6. The van der Waals surface area contributed by atoms with Gasteiger partial charge in [0.15, 0.2) is 5.69 Å². The van der Waals surface area contributed by atoms with Crippen molar-refractivity contribution in [1.82, 2.24) is 4.98 Å². The number of aromatic hydroxyl groups is 1. The highest BCUT2D eigenvalue weighted by Gasteiger charge is 2.31. The van der Waals surface area contributed by atoms with E-state index in [9.17, 15) is 27.5 Å². The van der Waals surface area contributed by atoms with Gasteiger partial charge in [0.05, 0.1) is 11.3 Å². The van der Waals surface area contributed by atoms with Crippen molar-refractivity contribution in [2.24, 2.45) is 0 Å². The predicted octanol–water partition coefficient (Wildman–Crippen LogP) is 3.20. The van der Waals surface area contributed by atoms with E-state index >= 15 is 0 Å². The van der Waals surface area contributed by atoms with Gasteiger partial charge in [-0.1, -0.05) is 0 Å². The first-order valence-corrected chi connectivity index (χ1v) is 5.61. The van der Waals surface area contributed by atoms with E-state index in [4.69, 9.17) is 0 Å². The molecule has 0 bridgehead atoms. The Bertz CT molecular complexity index is 686. The van der Waals surface area contributed by atoms with Gasteiger partial charge in [0.25, 0.3) is 5.91 Å². The standard InChI is InChI=1S/C13H8F4N2O2/c14-8-4-3-7(13(15,16)17)6-9(8)19-12(21)11-10(20)2-1-5-18-11/h1-6,20H,(H,19,21). The first-order chi connectivity index (χ1) is 9.79. The highest BCUT2D eigenvalue weighted by Crippen LogP contribution is 2.32. The molecule has 1 aromatic carbocycles. The summed E-state index contributed by atoms with van der Waals surface area (Å²) in [5.74, 6) is -2.53. The van der Waals surface area contributed by atoms with Gasteiger partial charge < -0.3 is 10.4 Å². The normalized spacial score (nSPS) is 11.2. The Labute approximate surface area is 116 Å². The van der Waals surface area contributed by atoms with Crippen molar-refractivity contribution in [3.05, 3.63) is 53.6 Å². The highest BCUT2D eigenvalue weighted by atomic mass is 19.4. The Morgan fingerprint density at radius 1 is 1.24 bits per heavy atom. The molecule has 110 valence electrons. The lowest BCUT2D eigenvalue weighted by atomic mass is 10.2. The van der Waals surface area contributed by atoms with Crippen LogP contribution >= 0.6 is 0 Å². The van der Waals surface area contributed by atoms with Crippen LogP contribution in [0.3, 0.4) is 0 Å². The van der Waals surface area contributed by atoms with Gasteiger partial charge in [-0.2, -0.15) is 13.2 Å². The topological polar surface area (TPSA) is 62.2 Å². The fourth-order valence-electron chi connectivity index (χ4n) is 1.55. The van der Waals surface area contributed by atoms with Gasteiger partial charge in [0.1, 0.15) is 11.6 Å². The molecular weight excluding hydrogens is 292 g/mol. The zero-order valence-electron chi connectivity index (χ0n) is 10.3. The van der Waals surface area contributed by atoms with Gasteiger partial charge in [-0.3, -0.25) is 4.79 Å². The van der Waals surface area contributed by atoms with Gasteiger partial charge in [-0.05, 0) is 30.3 Å². The summed E-state index contributed by atoms with van der Waals surface area (Å²) in [6, 6.07) is 4.15. The van der Waals surface area contributed by atoms with Gasteiger partial charge in [-0.15, -0.1) is 0 Å². The zero-order valence-corrected chi connectivity index (χ0v) is 10.3. The fourth-order valence-corrected chi connectivity index (χ4v) is 1.55. The fraction of sp³-hybridized carbons (Fsp3) is 0.0769. The van der Waals surface area contributed by atoms with Crippen LogP contribution in [-0.2, 0) is 6.18 Å². The van der Waals surface area contributed by atoms with Crippen molar-refractivity contribution < 1.29 is 27.5 Å². The smallest absolute Gasteiger partial charge is 0.416 e. The monoisotopic (exact) mass is 300 g/mol. The van der Waals surface area contributed by atoms with E-state index in [2.05, 4.69) is 4.98 Å². The minimum Gasteiger partial charge on any atom is -0.505 e. The van der Waals surface area contributed by atoms with E-state index in [1.165, 1.54) is 18.3 Å². The van der Waals surface area contributed by atoms with Crippen molar-refractivity contribution in [3.63, 3.8) is 0 Å². The number of pyridine rings is 1. The number of rotatable bonds is 2. The summed E-state index contributed by atoms with van der Waals surface area (Å²) in [6.07, 6.45) is -3.46. The molecule has 2 N–H and O–H groups in total. The molecule has 2 aromatic rings. The number of carbonyl (C=O) groups excluding carboxylic acids is 1. The van der Waals surface area contributed by atoms with Crippen LogP contribution in [0, 0.1) is 5.82 Å². The number of alkyl halides is 3. The van der Waals surface area contributed by atoms with Gasteiger partial charge in [-0.25, -0.2) is 9.37 Å². The number of hydrogen-bond donors (Lipinski definition) is 2. The van der Waals surface area contributed by atoms with Gasteiger partial charge >= 0.3 is 6.18 Å². The summed E-state index contributed by atoms with van der Waals surface area (Å²) in [7, 11) is 0. The van der Waals surface area contributed by atoms with E-state index < -0.39 is 40.6 Å². The first-order valence-electron chi connectivity index (χ1n) is 5.61. The average molecular weight is 300 g/mol. The summed E-state index contributed by atoms with van der Waals surface area (Å²) < 4.78 is 51.1. The largest absolute Gasteiger partial charge is 0.505 e. The maximum Gasteiger partial charge on any atom is 0.416 e. The lowest BCUT2D eigenvalue weighted by molar-refractivity contribution is -0.137. The Morgan fingerprint density at radius 2 is 1.95 bits per heavy atom. The van der Waals surface area contributed by atoms with Crippen LogP contribution in [0.4, 0.5) is 23.2 Å². The van der Waals surface area contributed by atoms with Crippen LogP contribution in [0.1, 0.15) is 16.1 Å². The van der Waals surface area contributed by atoms with Gasteiger partial charge in [0, 0.05) is 6.20 Å². The summed E-state index contributed by atoms with van der Waals surface area (Å²) in [6.45, 7) is 0. The lowest BCUT2D eigenvalue weighted by Crippen LogP contribution is -2.16. The first kappa shape index (κ1) is 14.8. The molecule has 0 fully saturated rings. The average Bonchev–Trinajstić information content (AvgIpc) is 2.40. The SMILES string of the molecule is O=C(Nc1cc(C(F)(F)F)ccc1F)c1ncccc1O. The third-order valence-corrected chi connectivity index (χ3v) is 2.54. The number of anilines is 1. The molecule has 0 atom stereocenters. The molecule has 0 aliphatic rings. The minimum absolute atomic E-state index is 0.422. The van der Waals surface area contributed by atoms with Gasteiger partial charge in [0.2, 0.25) is 0 Å². The molecule has 8 heteroatoms. The third kappa shape index (κ3) is 3.28. The highest BCUT2D eigenvalue weighted by molar-refractivity contribution is 6.04. The Hall–Kier alpha value is -2.64. The molecule has 1 aromatic heterocycles. The van der Waals surface area contributed by atoms with E-state index in [0.29, 0.717) is 18.2 Å². The van der Waals surface area contributed by atoms with E-state index in [0.717, 1.165) is 0 Å². The number of benzene rings is 1. The lowest BCUT2D eigenvalue weighted by Gasteiger charge is -2.11. The maximum absolute atomic E-state index is 13.5. The van der Waals surface area contributed by atoms with Crippen LogP contribution in [0.25, 0.3) is 0 Å². The Kier molecular flexibility index (Phi) is 3.79. The Balaban J connectivity index is 2.31. The molecule has 0 radical (unpaired) electrons. The number of carbonyl (C=O) groups is 1. The maximum atomic E-state index is 13.5. The van der Waals surface area contributed by atoms with Crippen LogP contribution in [0.5, 0.6) is 5.75 Å². The van der Waals surface area contributed by atoms with E-state index in [-0.39, 0.29) is 0 Å². The summed E-state index contributed by atoms with van der Waals surface area (Å²) >= 11 is 0. The molecule has 0 aliphatic heterocycles. The van der Waals surface area contributed by atoms with Crippen molar-refractivity contribution in [2.75, 3.05) is 5.32 Å². The number of hydrogen-bond acceptors (Lipinski definition) is 3. The molecule has 0 unspecified atom stereocenters. The number of nitrogens with one attached hydrogen (secondary N) is 1. The second-order valence-corrected chi connectivity index (χ2v) is 4.02. The van der Waals surface area contributed by atoms with E-state index in [1.807, 2.05) is 5.32 Å². The molecule has 4 nitrogen and oxygen atoms in total. The number of halogens is 4. The summed E-state index contributed by atoms with van der Waals surface area (Å²) in [4.78, 5) is 15.3. The molecule has 0 saturated carbocycles. The van der Waals surface area contributed by atoms with Crippen LogP contribution in [-0.4, -0.2) is 16.0 Å². The number of amides is 1. The summed E-state index contributed by atoms with van der Waals surface area (Å²) in [5, 5.41) is 11.4. The van der Waals surface area contributed by atoms with Crippen LogP contribution in [0.2, 0.25) is 0 Å².